The van der Waals surface area contributed by atoms with Crippen LogP contribution in [-0.4, -0.2) is 22.9 Å². The number of hydrogen-bond donors (Lipinski definition) is 2. The van der Waals surface area contributed by atoms with Gasteiger partial charge in [0.1, 0.15) is 0 Å². The van der Waals surface area contributed by atoms with Crippen LogP contribution < -0.4 is 0 Å². The maximum Gasteiger partial charge on any atom is 0.0742 e. The van der Waals surface area contributed by atoms with Crippen LogP contribution in [0.2, 0.25) is 0 Å². The summed E-state index contributed by atoms with van der Waals surface area (Å²) < 4.78 is 0. The smallest absolute Gasteiger partial charge is 0.0742 e. The highest BCUT2D eigenvalue weighted by molar-refractivity contribution is 4.34. The number of aliphatic hydroxyl groups excluding tert-OH is 2. The molecule has 0 fully saturated rings. The van der Waals surface area contributed by atoms with E-state index in [-0.39, 0.29) is 6.61 Å². The summed E-state index contributed by atoms with van der Waals surface area (Å²) in [6, 6.07) is 0. The fourth-order valence-electron chi connectivity index (χ4n) is 0. The third kappa shape index (κ3) is 1110. The summed E-state index contributed by atoms with van der Waals surface area (Å²) in [6.45, 7) is 25.4. The number of rotatable bonds is 1. The highest BCUT2D eigenvalue weighted by atomic mass is 16.3. The largest absolute Gasteiger partial charge is 0.394 e. The minimum absolute atomic E-state index is 0.139. The van der Waals surface area contributed by atoms with Crippen molar-refractivity contribution < 1.29 is 10.2 Å². The molecule has 1 atom stereocenters. The summed E-state index contributed by atoms with van der Waals surface area (Å²) in [4.78, 5) is 0. The van der Waals surface area contributed by atoms with Crippen molar-refractivity contribution >= 4 is 0 Å². The molecule has 0 spiro atoms. The van der Waals surface area contributed by atoms with Gasteiger partial charge in [-0.3, -0.25) is 0 Å². The van der Waals surface area contributed by atoms with Gasteiger partial charge in [-0.15, -0.1) is 52.6 Å². The van der Waals surface area contributed by atoms with Gasteiger partial charge in [-0.2, -0.15) is 0 Å². The van der Waals surface area contributed by atoms with Crippen LogP contribution in [-0.2, 0) is 0 Å². The standard InChI is InChI=1S/C3H8O2.4C2H4/c1-3(5)2-4;4*1-2/h3-5H,2H2,1H3;4*1-2H2. The Morgan fingerprint density at radius 3 is 0.923 bits per heavy atom. The molecule has 2 N–H and O–H groups in total. The molecule has 80 valence electrons. The average molecular weight is 188 g/mol. The fraction of sp³-hybridized carbons (Fsp3) is 0.273. The third-order valence-corrected chi connectivity index (χ3v) is 0.264. The molecule has 0 aromatic heterocycles. The van der Waals surface area contributed by atoms with Gasteiger partial charge in [0, 0.05) is 0 Å². The lowest BCUT2D eigenvalue weighted by atomic mass is 10.5. The van der Waals surface area contributed by atoms with Crippen molar-refractivity contribution in [3.8, 4) is 0 Å². The van der Waals surface area contributed by atoms with Crippen molar-refractivity contribution in [1.29, 1.82) is 0 Å². The Balaban J connectivity index is -0.0000000230. The van der Waals surface area contributed by atoms with Crippen molar-refractivity contribution in [1.82, 2.24) is 0 Å². The molecule has 1 unspecified atom stereocenters. The summed E-state index contributed by atoms with van der Waals surface area (Å²) in [5.74, 6) is 0. The van der Waals surface area contributed by atoms with E-state index >= 15 is 0 Å². The van der Waals surface area contributed by atoms with Crippen LogP contribution in [0.25, 0.3) is 0 Å². The van der Waals surface area contributed by atoms with Gasteiger partial charge in [-0.05, 0) is 6.92 Å². The van der Waals surface area contributed by atoms with Gasteiger partial charge < -0.3 is 10.2 Å². The molecule has 2 heteroatoms. The Hall–Kier alpha value is -1.12. The number of aliphatic hydroxyl groups is 2. The van der Waals surface area contributed by atoms with E-state index in [1.54, 1.807) is 0 Å². The molecule has 0 aromatic rings. The molecule has 0 radical (unpaired) electrons. The molecule has 0 bridgehead atoms. The third-order valence-electron chi connectivity index (χ3n) is 0.264. The molecule has 0 saturated heterocycles. The van der Waals surface area contributed by atoms with E-state index in [4.69, 9.17) is 10.2 Å². The Labute approximate surface area is 83.2 Å². The highest BCUT2D eigenvalue weighted by Crippen LogP contribution is 1.68. The van der Waals surface area contributed by atoms with E-state index in [9.17, 15) is 0 Å². The van der Waals surface area contributed by atoms with Crippen molar-refractivity contribution in [3.05, 3.63) is 52.6 Å². The first-order chi connectivity index (χ1) is 6.27. The molecule has 0 rings (SSSR count). The van der Waals surface area contributed by atoms with E-state index in [1.807, 2.05) is 0 Å². The molecule has 0 aliphatic heterocycles. The van der Waals surface area contributed by atoms with Gasteiger partial charge in [0.2, 0.25) is 0 Å². The molecule has 0 aliphatic carbocycles. The zero-order valence-electron chi connectivity index (χ0n) is 8.84. The van der Waals surface area contributed by atoms with Crippen LogP contribution in [0.4, 0.5) is 0 Å². The molecule has 13 heavy (non-hydrogen) atoms. The molecule has 0 aliphatic rings. The van der Waals surface area contributed by atoms with E-state index in [1.165, 1.54) is 6.92 Å². The topological polar surface area (TPSA) is 40.5 Å². The first-order valence-corrected chi connectivity index (χ1v) is 3.56. The lowest BCUT2D eigenvalue weighted by Gasteiger charge is -1.90. The van der Waals surface area contributed by atoms with E-state index in [0.29, 0.717) is 0 Å². The minimum atomic E-state index is -0.560. The molecule has 2 nitrogen and oxygen atoms in total. The molecule has 0 saturated carbocycles. The average Bonchev–Trinajstić information content (AvgIpc) is 2.29. The summed E-state index contributed by atoms with van der Waals surface area (Å²) >= 11 is 0. The molecule has 0 amide bonds. The van der Waals surface area contributed by atoms with Crippen LogP contribution in [0, 0.1) is 0 Å². The maximum atomic E-state index is 8.11. The van der Waals surface area contributed by atoms with Crippen LogP contribution in [0.5, 0.6) is 0 Å². The van der Waals surface area contributed by atoms with E-state index < -0.39 is 6.10 Å². The SMILES string of the molecule is C=C.C=C.C=C.C=C.CC(O)CO. The summed E-state index contributed by atoms with van der Waals surface area (Å²) in [5, 5.41) is 16.0. The second-order valence-electron chi connectivity index (χ2n) is 1.03. The van der Waals surface area contributed by atoms with Crippen LogP contribution in [0.15, 0.2) is 52.6 Å². The van der Waals surface area contributed by atoms with E-state index in [0.717, 1.165) is 0 Å². The summed E-state index contributed by atoms with van der Waals surface area (Å²) in [6.07, 6.45) is -0.560. The number of hydrogen-bond acceptors (Lipinski definition) is 2. The van der Waals surface area contributed by atoms with Gasteiger partial charge in [-0.25, -0.2) is 0 Å². The Morgan fingerprint density at radius 1 is 0.846 bits per heavy atom. The van der Waals surface area contributed by atoms with Gasteiger partial charge in [0.05, 0.1) is 12.7 Å². The van der Waals surface area contributed by atoms with Crippen molar-refractivity contribution in [3.63, 3.8) is 0 Å². The summed E-state index contributed by atoms with van der Waals surface area (Å²) in [7, 11) is 0. The monoisotopic (exact) mass is 188 g/mol. The maximum absolute atomic E-state index is 8.11. The predicted molar refractivity (Wildman–Crippen MR) is 63.8 cm³/mol. The van der Waals surface area contributed by atoms with Crippen LogP contribution in [0.1, 0.15) is 6.92 Å². The zero-order chi connectivity index (χ0) is 12.3. The molecule has 0 aromatic carbocycles. The van der Waals surface area contributed by atoms with Crippen molar-refractivity contribution in [2.45, 2.75) is 13.0 Å². The second-order valence-corrected chi connectivity index (χ2v) is 1.03. The molecule has 0 heterocycles. The Morgan fingerprint density at radius 2 is 0.923 bits per heavy atom. The zero-order valence-corrected chi connectivity index (χ0v) is 8.84. The highest BCUT2D eigenvalue weighted by Gasteiger charge is 1.83. The Bertz CT molecular complexity index is 46.1. The lowest BCUT2D eigenvalue weighted by molar-refractivity contribution is 0.110. The van der Waals surface area contributed by atoms with Gasteiger partial charge in [-0.1, -0.05) is 0 Å². The fourth-order valence-corrected chi connectivity index (χ4v) is 0. The predicted octanol–water partition coefficient (Wildman–Crippen LogP) is 2.57. The first kappa shape index (κ1) is 29.7. The van der Waals surface area contributed by atoms with Crippen molar-refractivity contribution in [2.75, 3.05) is 6.61 Å². The van der Waals surface area contributed by atoms with Crippen LogP contribution in [0.3, 0.4) is 0 Å². The Kier molecular flexibility index (Phi) is 293. The van der Waals surface area contributed by atoms with Gasteiger partial charge >= 0.3 is 0 Å². The van der Waals surface area contributed by atoms with Gasteiger partial charge in [0.25, 0.3) is 0 Å². The first-order valence-electron chi connectivity index (χ1n) is 3.56. The lowest BCUT2D eigenvalue weighted by Crippen LogP contribution is -2.03. The second kappa shape index (κ2) is 128. The quantitative estimate of drug-likeness (QED) is 0.621. The normalized spacial score (nSPS) is 7.00. The van der Waals surface area contributed by atoms with E-state index in [2.05, 4.69) is 52.6 Å². The van der Waals surface area contributed by atoms with Crippen LogP contribution >= 0.6 is 0 Å². The summed E-state index contributed by atoms with van der Waals surface area (Å²) in [5.41, 5.74) is 0. The minimum Gasteiger partial charge on any atom is -0.394 e. The molecular weight excluding hydrogens is 164 g/mol. The van der Waals surface area contributed by atoms with Gasteiger partial charge in [0.15, 0.2) is 0 Å². The molecular formula is C11H24O2. The van der Waals surface area contributed by atoms with Crippen molar-refractivity contribution in [2.24, 2.45) is 0 Å².